The van der Waals surface area contributed by atoms with Gasteiger partial charge in [-0.25, -0.2) is 4.39 Å². The summed E-state index contributed by atoms with van der Waals surface area (Å²) in [6, 6.07) is 13.2. The van der Waals surface area contributed by atoms with Gasteiger partial charge in [-0.3, -0.25) is 9.78 Å². The van der Waals surface area contributed by atoms with E-state index in [0.717, 1.165) is 11.5 Å². The van der Waals surface area contributed by atoms with Gasteiger partial charge in [0.05, 0.1) is 11.9 Å². The van der Waals surface area contributed by atoms with Gasteiger partial charge in [0.25, 0.3) is 5.91 Å². The van der Waals surface area contributed by atoms with Crippen molar-refractivity contribution < 1.29 is 9.18 Å². The molecule has 3 aromatic rings. The van der Waals surface area contributed by atoms with Gasteiger partial charge in [0.2, 0.25) is 0 Å². The molecule has 0 unspecified atom stereocenters. The van der Waals surface area contributed by atoms with Gasteiger partial charge < -0.3 is 15.1 Å². The number of anilines is 3. The highest BCUT2D eigenvalue weighted by atomic mass is 19.1. The molecule has 0 saturated carbocycles. The van der Waals surface area contributed by atoms with Crippen molar-refractivity contribution in [2.75, 3.05) is 36.4 Å². The van der Waals surface area contributed by atoms with Gasteiger partial charge >= 0.3 is 0 Å². The van der Waals surface area contributed by atoms with Gasteiger partial charge in [0.1, 0.15) is 5.82 Å². The Morgan fingerprint density at radius 2 is 1.75 bits per heavy atom. The lowest BCUT2D eigenvalue weighted by atomic mass is 10.2. The number of rotatable bonds is 4. The largest absolute Gasteiger partial charge is 0.352 e. The van der Waals surface area contributed by atoms with E-state index in [9.17, 15) is 9.18 Å². The fourth-order valence-electron chi connectivity index (χ4n) is 3.06. The molecule has 142 valence electrons. The number of carbonyl (C=O) groups is 1. The highest BCUT2D eigenvalue weighted by molar-refractivity contribution is 5.94. The number of amides is 1. The second kappa shape index (κ2) is 7.99. The van der Waals surface area contributed by atoms with Crippen LogP contribution in [0.3, 0.4) is 0 Å². The summed E-state index contributed by atoms with van der Waals surface area (Å²) in [4.78, 5) is 20.4. The lowest BCUT2D eigenvalue weighted by Gasteiger charge is -2.35. The fourth-order valence-corrected chi connectivity index (χ4v) is 3.06. The SMILES string of the molecule is O=C(c1ccc(F)cc1)N1CCN(c2ccc(Nc3cccnc3)nn2)CC1. The van der Waals surface area contributed by atoms with E-state index in [1.165, 1.54) is 24.3 Å². The molecule has 1 amide bonds. The van der Waals surface area contributed by atoms with Gasteiger partial charge in [-0.05, 0) is 48.5 Å². The van der Waals surface area contributed by atoms with Crippen molar-refractivity contribution in [2.45, 2.75) is 0 Å². The Morgan fingerprint density at radius 3 is 2.39 bits per heavy atom. The predicted molar refractivity (Wildman–Crippen MR) is 104 cm³/mol. The third kappa shape index (κ3) is 4.06. The van der Waals surface area contributed by atoms with Crippen molar-refractivity contribution in [3.8, 4) is 0 Å². The van der Waals surface area contributed by atoms with Crippen molar-refractivity contribution in [2.24, 2.45) is 0 Å². The molecule has 0 spiro atoms. The van der Waals surface area contributed by atoms with Gasteiger partial charge in [0, 0.05) is 37.9 Å². The highest BCUT2D eigenvalue weighted by Crippen LogP contribution is 2.18. The first-order valence-corrected chi connectivity index (χ1v) is 8.99. The van der Waals surface area contributed by atoms with E-state index < -0.39 is 0 Å². The minimum atomic E-state index is -0.346. The maximum absolute atomic E-state index is 13.0. The Hall–Kier alpha value is -3.55. The lowest BCUT2D eigenvalue weighted by Crippen LogP contribution is -2.49. The molecule has 0 aliphatic carbocycles. The van der Waals surface area contributed by atoms with E-state index in [0.29, 0.717) is 37.6 Å². The quantitative estimate of drug-likeness (QED) is 0.753. The Balaban J connectivity index is 1.34. The minimum absolute atomic E-state index is 0.0817. The van der Waals surface area contributed by atoms with Crippen LogP contribution in [0, 0.1) is 5.82 Å². The number of nitrogens with zero attached hydrogens (tertiary/aromatic N) is 5. The zero-order chi connectivity index (χ0) is 19.3. The van der Waals surface area contributed by atoms with Crippen molar-refractivity contribution >= 4 is 23.2 Å². The molecule has 1 saturated heterocycles. The second-order valence-electron chi connectivity index (χ2n) is 6.43. The third-order valence-corrected chi connectivity index (χ3v) is 4.57. The maximum Gasteiger partial charge on any atom is 0.253 e. The molecule has 0 bridgehead atoms. The first-order valence-electron chi connectivity index (χ1n) is 8.99. The van der Waals surface area contributed by atoms with Crippen LogP contribution in [-0.2, 0) is 0 Å². The molecule has 7 nitrogen and oxygen atoms in total. The van der Waals surface area contributed by atoms with Crippen LogP contribution < -0.4 is 10.2 Å². The minimum Gasteiger partial charge on any atom is -0.352 e. The standard InChI is InChI=1S/C20H19FN6O/c21-16-5-3-15(4-6-16)20(28)27-12-10-26(11-13-27)19-8-7-18(24-25-19)23-17-2-1-9-22-14-17/h1-9,14H,10-13H2,(H,23,24). The fraction of sp³-hybridized carbons (Fsp3) is 0.200. The zero-order valence-electron chi connectivity index (χ0n) is 15.1. The van der Waals surface area contributed by atoms with Crippen molar-refractivity contribution in [3.63, 3.8) is 0 Å². The van der Waals surface area contributed by atoms with Crippen LogP contribution in [0.5, 0.6) is 0 Å². The zero-order valence-corrected chi connectivity index (χ0v) is 15.1. The van der Waals surface area contributed by atoms with Crippen LogP contribution in [0.4, 0.5) is 21.7 Å². The van der Waals surface area contributed by atoms with E-state index in [1.807, 2.05) is 24.3 Å². The van der Waals surface area contributed by atoms with E-state index in [2.05, 4.69) is 25.4 Å². The van der Waals surface area contributed by atoms with Crippen LogP contribution in [0.2, 0.25) is 0 Å². The molecule has 4 rings (SSSR count). The number of aromatic nitrogens is 3. The monoisotopic (exact) mass is 378 g/mol. The van der Waals surface area contributed by atoms with Gasteiger partial charge in [-0.1, -0.05) is 0 Å². The molecule has 3 heterocycles. The Kier molecular flexibility index (Phi) is 5.09. The molecule has 1 aliphatic heterocycles. The number of pyridine rings is 1. The summed E-state index contributed by atoms with van der Waals surface area (Å²) < 4.78 is 13.0. The highest BCUT2D eigenvalue weighted by Gasteiger charge is 2.23. The number of halogens is 1. The topological polar surface area (TPSA) is 74.2 Å². The van der Waals surface area contributed by atoms with Crippen LogP contribution in [0.25, 0.3) is 0 Å². The normalized spacial score (nSPS) is 14.0. The second-order valence-corrected chi connectivity index (χ2v) is 6.43. The third-order valence-electron chi connectivity index (χ3n) is 4.57. The van der Waals surface area contributed by atoms with Gasteiger partial charge in [-0.15, -0.1) is 10.2 Å². The Labute approximate surface area is 161 Å². The average Bonchev–Trinajstić information content (AvgIpc) is 2.75. The molecular weight excluding hydrogens is 359 g/mol. The molecule has 1 N–H and O–H groups in total. The van der Waals surface area contributed by atoms with E-state index in [1.54, 1.807) is 17.3 Å². The van der Waals surface area contributed by atoms with Crippen molar-refractivity contribution in [3.05, 3.63) is 72.3 Å². The molecule has 8 heteroatoms. The molecular formula is C20H19FN6O. The molecule has 28 heavy (non-hydrogen) atoms. The van der Waals surface area contributed by atoms with Gasteiger partial charge in [0.15, 0.2) is 11.6 Å². The molecule has 1 aliphatic rings. The first kappa shape index (κ1) is 17.8. The summed E-state index contributed by atoms with van der Waals surface area (Å²) in [6.45, 7) is 2.48. The van der Waals surface area contributed by atoms with Crippen molar-refractivity contribution in [1.82, 2.24) is 20.1 Å². The van der Waals surface area contributed by atoms with E-state index in [-0.39, 0.29) is 11.7 Å². The van der Waals surface area contributed by atoms with Crippen molar-refractivity contribution in [1.29, 1.82) is 0 Å². The summed E-state index contributed by atoms with van der Waals surface area (Å²) in [5.74, 6) is 0.982. The average molecular weight is 378 g/mol. The number of benzene rings is 1. The number of nitrogens with one attached hydrogen (secondary N) is 1. The summed E-state index contributed by atoms with van der Waals surface area (Å²) in [6.07, 6.45) is 3.42. The predicted octanol–water partition coefficient (Wildman–Crippen LogP) is 2.72. The van der Waals surface area contributed by atoms with Crippen LogP contribution in [0.15, 0.2) is 60.9 Å². The maximum atomic E-state index is 13.0. The summed E-state index contributed by atoms with van der Waals surface area (Å²) in [5, 5.41) is 11.6. The first-order chi connectivity index (χ1) is 13.7. The van der Waals surface area contributed by atoms with Crippen LogP contribution in [0.1, 0.15) is 10.4 Å². The van der Waals surface area contributed by atoms with Crippen LogP contribution >= 0.6 is 0 Å². The molecule has 1 fully saturated rings. The summed E-state index contributed by atoms with van der Waals surface area (Å²) in [7, 11) is 0. The lowest BCUT2D eigenvalue weighted by molar-refractivity contribution is 0.0746. The molecule has 0 radical (unpaired) electrons. The van der Waals surface area contributed by atoms with Gasteiger partial charge in [-0.2, -0.15) is 0 Å². The molecule has 2 aromatic heterocycles. The smallest absolute Gasteiger partial charge is 0.253 e. The summed E-state index contributed by atoms with van der Waals surface area (Å²) >= 11 is 0. The number of hydrogen-bond donors (Lipinski definition) is 1. The van der Waals surface area contributed by atoms with E-state index >= 15 is 0 Å². The number of piperazine rings is 1. The Bertz CT molecular complexity index is 925. The number of hydrogen-bond acceptors (Lipinski definition) is 6. The molecule has 0 atom stereocenters. The molecule has 1 aromatic carbocycles. The summed E-state index contributed by atoms with van der Waals surface area (Å²) in [5.41, 5.74) is 1.35. The van der Waals surface area contributed by atoms with Crippen LogP contribution in [-0.4, -0.2) is 52.2 Å². The van der Waals surface area contributed by atoms with E-state index in [4.69, 9.17) is 0 Å². The Morgan fingerprint density at radius 1 is 0.964 bits per heavy atom. The number of carbonyl (C=O) groups excluding carboxylic acids is 1.